The first-order valence-corrected chi connectivity index (χ1v) is 14.4. The van der Waals surface area contributed by atoms with E-state index >= 15 is 0 Å². The van der Waals surface area contributed by atoms with Crippen LogP contribution in [0.1, 0.15) is 61.8 Å². The maximum absolute atomic E-state index is 12.2. The Morgan fingerprint density at radius 2 is 1.88 bits per heavy atom. The van der Waals surface area contributed by atoms with Gasteiger partial charge in [-0.2, -0.15) is 0 Å². The quantitative estimate of drug-likeness (QED) is 0.481. The fraction of sp³-hybridized carbons (Fsp3) is 0.520. The lowest BCUT2D eigenvalue weighted by molar-refractivity contribution is 0.321. The van der Waals surface area contributed by atoms with Gasteiger partial charge in [-0.15, -0.1) is 11.3 Å². The first-order valence-electron chi connectivity index (χ1n) is 11.9. The lowest BCUT2D eigenvalue weighted by Gasteiger charge is -2.30. The molecule has 1 aromatic carbocycles. The van der Waals surface area contributed by atoms with Crippen molar-refractivity contribution in [1.29, 1.82) is 0 Å². The molecule has 172 valence electrons. The molecule has 3 aromatic rings. The van der Waals surface area contributed by atoms with Gasteiger partial charge in [0.1, 0.15) is 0 Å². The summed E-state index contributed by atoms with van der Waals surface area (Å²) in [6.07, 6.45) is 9.25. The van der Waals surface area contributed by atoms with Gasteiger partial charge in [0.25, 0.3) is 0 Å². The van der Waals surface area contributed by atoms with Gasteiger partial charge >= 0.3 is 0 Å². The van der Waals surface area contributed by atoms with Crippen molar-refractivity contribution >= 4 is 32.3 Å². The van der Waals surface area contributed by atoms with E-state index in [0.29, 0.717) is 25.0 Å². The Morgan fingerprint density at radius 3 is 2.62 bits per heavy atom. The minimum absolute atomic E-state index is 0.188. The topological polar surface area (TPSA) is 65.2 Å². The van der Waals surface area contributed by atoms with Gasteiger partial charge in [-0.1, -0.05) is 18.9 Å². The van der Waals surface area contributed by atoms with E-state index in [9.17, 15) is 8.42 Å². The van der Waals surface area contributed by atoms with Gasteiger partial charge in [-0.3, -0.25) is 0 Å². The zero-order valence-electron chi connectivity index (χ0n) is 18.8. The third-order valence-electron chi connectivity index (χ3n) is 7.23. The van der Waals surface area contributed by atoms with Gasteiger partial charge in [-0.25, -0.2) is 12.7 Å². The molecule has 32 heavy (non-hydrogen) atoms. The van der Waals surface area contributed by atoms with Gasteiger partial charge in [0, 0.05) is 52.5 Å². The highest BCUT2D eigenvalue weighted by Crippen LogP contribution is 2.37. The second-order valence-electron chi connectivity index (χ2n) is 9.21. The van der Waals surface area contributed by atoms with E-state index in [1.165, 1.54) is 52.0 Å². The molecule has 1 aliphatic carbocycles. The first kappa shape index (κ1) is 22.1. The van der Waals surface area contributed by atoms with E-state index in [4.69, 9.17) is 0 Å². The van der Waals surface area contributed by atoms with Crippen LogP contribution in [0.4, 0.5) is 0 Å². The van der Waals surface area contributed by atoms with Crippen LogP contribution in [0, 0.1) is 0 Å². The molecule has 1 aliphatic heterocycles. The van der Waals surface area contributed by atoms with Gasteiger partial charge < -0.3 is 10.3 Å². The van der Waals surface area contributed by atoms with Crippen molar-refractivity contribution < 1.29 is 8.42 Å². The summed E-state index contributed by atoms with van der Waals surface area (Å²) < 4.78 is 26.1. The van der Waals surface area contributed by atoms with Crippen molar-refractivity contribution in [3.63, 3.8) is 0 Å². The van der Waals surface area contributed by atoms with Crippen LogP contribution < -0.4 is 5.32 Å². The molecule has 0 spiro atoms. The maximum atomic E-state index is 12.2. The molecular formula is C25H33N3O2S2. The predicted octanol–water partition coefficient (Wildman–Crippen LogP) is 5.46. The van der Waals surface area contributed by atoms with E-state index in [-0.39, 0.29) is 5.75 Å². The number of aromatic amines is 1. The van der Waals surface area contributed by atoms with Crippen molar-refractivity contribution in [3.05, 3.63) is 47.0 Å². The Hall–Kier alpha value is -1.67. The van der Waals surface area contributed by atoms with E-state index in [0.717, 1.165) is 24.9 Å². The van der Waals surface area contributed by atoms with Crippen LogP contribution in [0.15, 0.2) is 36.5 Å². The van der Waals surface area contributed by atoms with Crippen molar-refractivity contribution in [2.45, 2.75) is 64.0 Å². The van der Waals surface area contributed by atoms with Gasteiger partial charge in [0.2, 0.25) is 10.0 Å². The minimum Gasteiger partial charge on any atom is -0.361 e. The molecule has 2 N–H and O–H groups in total. The average molecular weight is 472 g/mol. The summed E-state index contributed by atoms with van der Waals surface area (Å²) >= 11 is 1.88. The maximum Gasteiger partial charge on any atom is 0.213 e. The Morgan fingerprint density at radius 1 is 1.09 bits per heavy atom. The van der Waals surface area contributed by atoms with Crippen molar-refractivity contribution in [2.75, 3.05) is 18.8 Å². The Labute approximate surface area is 195 Å². The number of sulfonamides is 1. The molecule has 3 heterocycles. The average Bonchev–Trinajstić information content (AvgIpc) is 3.58. The van der Waals surface area contributed by atoms with Crippen molar-refractivity contribution in [2.24, 2.45) is 0 Å². The number of thiophene rings is 1. The standard InChI is InChI=1S/C25H33N3O2S2/c1-2-32(29,30)28-13-11-18(12-14-28)23-17-27-24-9-7-19(15-22(23)24)25-10-8-21(31-25)16-26-20-5-3-4-6-20/h7-10,15,17-18,20,26-27H,2-6,11-14,16H2,1H3. The number of fused-ring (bicyclic) bond motifs is 1. The number of aromatic nitrogens is 1. The molecule has 1 saturated carbocycles. The molecule has 0 bridgehead atoms. The molecule has 2 aliphatic rings. The third-order valence-corrected chi connectivity index (χ3v) is 10.2. The zero-order chi connectivity index (χ0) is 22.1. The smallest absolute Gasteiger partial charge is 0.213 e. The van der Waals surface area contributed by atoms with Crippen molar-refractivity contribution in [3.8, 4) is 10.4 Å². The molecule has 0 unspecified atom stereocenters. The SMILES string of the molecule is CCS(=O)(=O)N1CCC(c2c[nH]c3ccc(-c4ccc(CNC5CCCC5)s4)cc23)CC1. The number of piperidine rings is 1. The lowest BCUT2D eigenvalue weighted by atomic mass is 9.89. The minimum atomic E-state index is -3.09. The number of rotatable bonds is 7. The summed E-state index contributed by atoms with van der Waals surface area (Å²) in [5.41, 5.74) is 3.75. The lowest BCUT2D eigenvalue weighted by Crippen LogP contribution is -2.38. The number of nitrogens with zero attached hydrogens (tertiary/aromatic N) is 1. The summed E-state index contributed by atoms with van der Waals surface area (Å²) in [5.74, 6) is 0.587. The number of benzene rings is 1. The Balaban J connectivity index is 1.31. The van der Waals surface area contributed by atoms with Gasteiger partial charge in [0.15, 0.2) is 0 Å². The van der Waals surface area contributed by atoms with Crippen LogP contribution in [0.5, 0.6) is 0 Å². The van der Waals surface area contributed by atoms with E-state index in [2.05, 4.69) is 46.8 Å². The number of nitrogens with one attached hydrogen (secondary N) is 2. The van der Waals surface area contributed by atoms with E-state index in [1.54, 1.807) is 11.2 Å². The highest BCUT2D eigenvalue weighted by atomic mass is 32.2. The van der Waals surface area contributed by atoms with E-state index < -0.39 is 10.0 Å². The molecule has 0 amide bonds. The van der Waals surface area contributed by atoms with Crippen LogP contribution >= 0.6 is 11.3 Å². The molecule has 1 saturated heterocycles. The molecular weight excluding hydrogens is 438 g/mol. The molecule has 5 nitrogen and oxygen atoms in total. The molecule has 2 fully saturated rings. The summed E-state index contributed by atoms with van der Waals surface area (Å²) in [6.45, 7) is 3.93. The van der Waals surface area contributed by atoms with Crippen LogP contribution in [-0.2, 0) is 16.6 Å². The highest BCUT2D eigenvalue weighted by Gasteiger charge is 2.28. The summed E-state index contributed by atoms with van der Waals surface area (Å²) in [6, 6.07) is 11.9. The molecule has 2 aromatic heterocycles. The highest BCUT2D eigenvalue weighted by molar-refractivity contribution is 7.89. The second kappa shape index (κ2) is 9.29. The number of hydrogen-bond donors (Lipinski definition) is 2. The molecule has 5 rings (SSSR count). The second-order valence-corrected chi connectivity index (χ2v) is 12.6. The number of H-pyrrole nitrogens is 1. The van der Waals surface area contributed by atoms with Crippen LogP contribution in [-0.4, -0.2) is 42.6 Å². The van der Waals surface area contributed by atoms with Crippen LogP contribution in [0.2, 0.25) is 0 Å². The number of hydrogen-bond acceptors (Lipinski definition) is 4. The van der Waals surface area contributed by atoms with Crippen molar-refractivity contribution in [1.82, 2.24) is 14.6 Å². The fourth-order valence-corrected chi connectivity index (χ4v) is 7.35. The molecule has 7 heteroatoms. The largest absolute Gasteiger partial charge is 0.361 e. The van der Waals surface area contributed by atoms with Crippen LogP contribution in [0.25, 0.3) is 21.3 Å². The van der Waals surface area contributed by atoms with Gasteiger partial charge in [-0.05, 0) is 73.9 Å². The monoisotopic (exact) mass is 471 g/mol. The molecule has 0 atom stereocenters. The third kappa shape index (κ3) is 4.53. The summed E-state index contributed by atoms with van der Waals surface area (Å²) in [5, 5.41) is 4.99. The van der Waals surface area contributed by atoms with Crippen LogP contribution in [0.3, 0.4) is 0 Å². The first-order chi connectivity index (χ1) is 15.5. The summed E-state index contributed by atoms with van der Waals surface area (Å²) in [7, 11) is -3.09. The summed E-state index contributed by atoms with van der Waals surface area (Å²) in [4.78, 5) is 6.14. The molecule has 0 radical (unpaired) electrons. The normalized spacial score (nSPS) is 19.3. The predicted molar refractivity (Wildman–Crippen MR) is 134 cm³/mol. The Kier molecular flexibility index (Phi) is 6.43. The fourth-order valence-electron chi connectivity index (χ4n) is 5.26. The van der Waals surface area contributed by atoms with E-state index in [1.807, 2.05) is 11.3 Å². The Bertz CT molecular complexity index is 1170. The zero-order valence-corrected chi connectivity index (χ0v) is 20.4. The van der Waals surface area contributed by atoms with Gasteiger partial charge in [0.05, 0.1) is 5.75 Å².